The maximum absolute atomic E-state index is 13.1. The summed E-state index contributed by atoms with van der Waals surface area (Å²) < 4.78 is 42.3. The van der Waals surface area contributed by atoms with Crippen molar-refractivity contribution in [1.82, 2.24) is 34.1 Å². The second-order valence-electron chi connectivity index (χ2n) is 9.10. The van der Waals surface area contributed by atoms with Gasteiger partial charge in [-0.25, -0.2) is 19.1 Å². The molecule has 0 amide bonds. The molecule has 0 aliphatic heterocycles. The number of nitrogens with one attached hydrogen (secondary N) is 1. The van der Waals surface area contributed by atoms with Gasteiger partial charge in [-0.05, 0) is 44.2 Å². The van der Waals surface area contributed by atoms with E-state index in [-0.39, 0.29) is 24.7 Å². The lowest BCUT2D eigenvalue weighted by molar-refractivity contribution is -0.207. The zero-order chi connectivity index (χ0) is 27.7. The monoisotopic (exact) mass is 552 g/mol. The first-order valence-electron chi connectivity index (χ1n) is 11.3. The highest BCUT2D eigenvalue weighted by atomic mass is 35.5. The molecule has 4 aromatic rings. The van der Waals surface area contributed by atoms with Crippen LogP contribution in [0.1, 0.15) is 19.7 Å². The lowest BCUT2D eigenvalue weighted by Crippen LogP contribution is -2.37. The lowest BCUT2D eigenvalue weighted by Gasteiger charge is -2.19. The van der Waals surface area contributed by atoms with E-state index >= 15 is 0 Å². The fraction of sp³-hybridized carbons (Fsp3) is 0.348. The molecule has 0 bridgehead atoms. The second kappa shape index (κ2) is 10.6. The molecule has 15 heteroatoms. The predicted molar refractivity (Wildman–Crippen MR) is 132 cm³/mol. The smallest absolute Gasteiger partial charge is 0.389 e. The number of rotatable bonds is 9. The predicted octanol–water partition coefficient (Wildman–Crippen LogP) is 2.50. The van der Waals surface area contributed by atoms with Crippen LogP contribution in [0, 0.1) is 0 Å². The third-order valence-electron chi connectivity index (χ3n) is 5.35. The van der Waals surface area contributed by atoms with E-state index in [4.69, 9.17) is 11.6 Å². The van der Waals surface area contributed by atoms with Crippen molar-refractivity contribution >= 4 is 17.3 Å². The zero-order valence-electron chi connectivity index (χ0n) is 20.3. The highest BCUT2D eigenvalue weighted by Crippen LogP contribution is 2.24. The number of aromatic nitrogens is 7. The molecule has 0 saturated heterocycles. The number of aliphatic hydroxyl groups is 2. The van der Waals surface area contributed by atoms with E-state index in [2.05, 4.69) is 25.5 Å². The fourth-order valence-electron chi connectivity index (χ4n) is 3.45. The minimum Gasteiger partial charge on any atom is -0.389 e. The van der Waals surface area contributed by atoms with Gasteiger partial charge in [0.1, 0.15) is 18.6 Å². The number of nitrogens with zero attached hydrogens (tertiary/aromatic N) is 7. The third-order valence-corrected chi connectivity index (χ3v) is 5.60. The first-order chi connectivity index (χ1) is 17.8. The molecule has 0 aliphatic carbocycles. The summed E-state index contributed by atoms with van der Waals surface area (Å²) in [5.41, 5.74) is -0.399. The summed E-state index contributed by atoms with van der Waals surface area (Å²) in [4.78, 5) is 21.3. The Morgan fingerprint density at radius 3 is 2.50 bits per heavy atom. The number of pyridine rings is 1. The van der Waals surface area contributed by atoms with E-state index in [0.29, 0.717) is 22.0 Å². The number of anilines is 1. The van der Waals surface area contributed by atoms with Crippen LogP contribution in [0.2, 0.25) is 5.02 Å². The Hall–Kier alpha value is -3.75. The zero-order valence-corrected chi connectivity index (χ0v) is 21.0. The van der Waals surface area contributed by atoms with Crippen LogP contribution in [0.15, 0.2) is 53.8 Å². The van der Waals surface area contributed by atoms with Gasteiger partial charge in [0.25, 0.3) is 0 Å². The number of alkyl halides is 3. The van der Waals surface area contributed by atoms with Gasteiger partial charge in [-0.1, -0.05) is 11.6 Å². The van der Waals surface area contributed by atoms with E-state index < -0.39 is 30.1 Å². The molecule has 202 valence electrons. The molecule has 38 heavy (non-hydrogen) atoms. The molecule has 11 nitrogen and oxygen atoms in total. The molecule has 0 saturated carbocycles. The molecular weight excluding hydrogens is 529 g/mol. The van der Waals surface area contributed by atoms with Crippen LogP contribution < -0.4 is 11.0 Å². The molecule has 3 N–H and O–H groups in total. The Labute approximate surface area is 219 Å². The van der Waals surface area contributed by atoms with Gasteiger partial charge >= 0.3 is 11.9 Å². The van der Waals surface area contributed by atoms with Crippen molar-refractivity contribution in [2.45, 2.75) is 44.8 Å². The third kappa shape index (κ3) is 6.38. The minimum absolute atomic E-state index is 0.0836. The molecule has 0 aliphatic rings. The van der Waals surface area contributed by atoms with E-state index in [1.165, 1.54) is 41.5 Å². The Morgan fingerprint density at radius 2 is 1.84 bits per heavy atom. The summed E-state index contributed by atoms with van der Waals surface area (Å²) in [6, 6.07) is 7.71. The van der Waals surface area contributed by atoms with Gasteiger partial charge < -0.3 is 15.5 Å². The summed E-state index contributed by atoms with van der Waals surface area (Å²) in [7, 11) is 0. The molecule has 1 atom stereocenters. The molecule has 1 aromatic carbocycles. The topological polar surface area (TPSA) is 136 Å². The van der Waals surface area contributed by atoms with Gasteiger partial charge in [-0.15, -0.1) is 10.2 Å². The van der Waals surface area contributed by atoms with Crippen LogP contribution in [0.5, 0.6) is 0 Å². The highest BCUT2D eigenvalue weighted by molar-refractivity contribution is 6.30. The number of hydrogen-bond donors (Lipinski definition) is 3. The van der Waals surface area contributed by atoms with Crippen molar-refractivity contribution < 1.29 is 23.4 Å². The van der Waals surface area contributed by atoms with Crippen LogP contribution in [0.25, 0.3) is 17.1 Å². The lowest BCUT2D eigenvalue weighted by atomic mass is 10.1. The van der Waals surface area contributed by atoms with Crippen LogP contribution in [-0.4, -0.2) is 68.7 Å². The number of aliphatic hydroxyl groups excluding tert-OH is 1. The van der Waals surface area contributed by atoms with Crippen molar-refractivity contribution in [3.8, 4) is 17.1 Å². The van der Waals surface area contributed by atoms with Crippen LogP contribution in [0.3, 0.4) is 0 Å². The summed E-state index contributed by atoms with van der Waals surface area (Å²) in [5.74, 6) is 0.0628. The molecule has 3 aromatic heterocycles. The van der Waals surface area contributed by atoms with Crippen molar-refractivity contribution in [2.75, 3.05) is 11.9 Å². The van der Waals surface area contributed by atoms with E-state index in [9.17, 15) is 28.2 Å². The SMILES string of the molecule is CC(C)(O)CNc1ccncc1-n1cnc(Cn2nc(-c3ccc(Cl)cc3)n(CC(O)C(F)(F)F)c2=O)n1. The van der Waals surface area contributed by atoms with Crippen molar-refractivity contribution in [1.29, 1.82) is 0 Å². The molecule has 0 fully saturated rings. The number of hydrogen-bond acceptors (Lipinski definition) is 8. The Morgan fingerprint density at radius 1 is 1.13 bits per heavy atom. The normalized spacial score (nSPS) is 13.1. The maximum Gasteiger partial charge on any atom is 0.416 e. The quantitative estimate of drug-likeness (QED) is 0.288. The van der Waals surface area contributed by atoms with Gasteiger partial charge in [0, 0.05) is 23.3 Å². The average Bonchev–Trinajstić information content (AvgIpc) is 3.43. The van der Waals surface area contributed by atoms with Crippen LogP contribution >= 0.6 is 11.6 Å². The first kappa shape index (κ1) is 27.3. The maximum atomic E-state index is 13.1. The van der Waals surface area contributed by atoms with Gasteiger partial charge in [0.15, 0.2) is 17.8 Å². The molecule has 4 rings (SSSR count). The number of halogens is 4. The van der Waals surface area contributed by atoms with E-state index in [0.717, 1.165) is 9.25 Å². The second-order valence-corrected chi connectivity index (χ2v) is 9.54. The average molecular weight is 553 g/mol. The minimum atomic E-state index is -4.93. The summed E-state index contributed by atoms with van der Waals surface area (Å²) >= 11 is 5.91. The Balaban J connectivity index is 1.65. The van der Waals surface area contributed by atoms with E-state index in [1.54, 1.807) is 26.1 Å². The molecular formula is C23H24ClF3N8O3. The fourth-order valence-corrected chi connectivity index (χ4v) is 3.57. The van der Waals surface area contributed by atoms with Crippen LogP contribution in [0.4, 0.5) is 18.9 Å². The Bertz CT molecular complexity index is 1460. The first-order valence-corrected chi connectivity index (χ1v) is 11.7. The standard InChI is InChI=1S/C23H24ClF3N8O3/c1-22(2,38)12-29-16-7-8-28-9-17(16)35-13-30-19(31-35)11-34-21(37)33(10-18(36)23(25,26)27)20(32-34)14-3-5-15(24)6-4-14/h3-9,13,18,36,38H,10-12H2,1-2H3,(H,28,29). The molecule has 3 heterocycles. The largest absolute Gasteiger partial charge is 0.416 e. The van der Waals surface area contributed by atoms with E-state index in [1.807, 2.05) is 0 Å². The van der Waals surface area contributed by atoms with Crippen molar-refractivity contribution in [3.05, 3.63) is 70.4 Å². The summed E-state index contributed by atoms with van der Waals surface area (Å²) in [6.45, 7) is 2.24. The van der Waals surface area contributed by atoms with Crippen LogP contribution in [-0.2, 0) is 13.1 Å². The van der Waals surface area contributed by atoms with Crippen molar-refractivity contribution in [3.63, 3.8) is 0 Å². The van der Waals surface area contributed by atoms with Gasteiger partial charge in [0.2, 0.25) is 0 Å². The van der Waals surface area contributed by atoms with Gasteiger partial charge in [0.05, 0.1) is 24.0 Å². The van der Waals surface area contributed by atoms with Gasteiger partial charge in [-0.2, -0.15) is 13.2 Å². The Kier molecular flexibility index (Phi) is 7.58. The van der Waals surface area contributed by atoms with Crippen molar-refractivity contribution in [2.24, 2.45) is 0 Å². The molecule has 0 spiro atoms. The van der Waals surface area contributed by atoms with Gasteiger partial charge in [-0.3, -0.25) is 9.55 Å². The highest BCUT2D eigenvalue weighted by Gasteiger charge is 2.39. The molecule has 1 unspecified atom stereocenters. The summed E-state index contributed by atoms with van der Waals surface area (Å²) in [6.07, 6.45) is -3.23. The molecule has 0 radical (unpaired) electrons. The summed E-state index contributed by atoms with van der Waals surface area (Å²) in [5, 5.41) is 31.7. The number of benzene rings is 1.